The molecule has 0 unspecified atom stereocenters. The Bertz CT molecular complexity index is 1120. The number of sulfone groups is 1. The Morgan fingerprint density at radius 3 is 2.37 bits per heavy atom. The van der Waals surface area contributed by atoms with Crippen LogP contribution in [0.25, 0.3) is 22.0 Å². The molecular formula is C20H20N2O4S. The number of amides is 1. The smallest absolute Gasteiger partial charge is 0.250 e. The van der Waals surface area contributed by atoms with Gasteiger partial charge in [0.1, 0.15) is 15.6 Å². The van der Waals surface area contributed by atoms with Crippen molar-refractivity contribution >= 4 is 26.6 Å². The molecule has 1 aromatic heterocycles. The third-order valence-electron chi connectivity index (χ3n) is 5.28. The highest BCUT2D eigenvalue weighted by atomic mass is 32.2. The second kappa shape index (κ2) is 6.42. The highest BCUT2D eigenvalue weighted by molar-refractivity contribution is 7.91. The van der Waals surface area contributed by atoms with Crippen LogP contribution in [0.4, 0.5) is 0 Å². The summed E-state index contributed by atoms with van der Waals surface area (Å²) >= 11 is 0. The minimum absolute atomic E-state index is 0.123. The molecule has 2 aromatic carbocycles. The van der Waals surface area contributed by atoms with E-state index in [-0.39, 0.29) is 23.2 Å². The number of rotatable bonds is 3. The molecule has 0 radical (unpaired) electrons. The number of aromatic amines is 1. The van der Waals surface area contributed by atoms with Crippen molar-refractivity contribution in [2.24, 2.45) is 5.73 Å². The van der Waals surface area contributed by atoms with Gasteiger partial charge in [-0.05, 0) is 59.7 Å². The lowest BCUT2D eigenvalue weighted by Gasteiger charge is -2.21. The molecule has 0 bridgehead atoms. The first kappa shape index (κ1) is 17.6. The highest BCUT2D eigenvalue weighted by Gasteiger charge is 2.27. The lowest BCUT2D eigenvalue weighted by atomic mass is 9.91. The fourth-order valence-electron chi connectivity index (χ4n) is 3.81. The summed E-state index contributed by atoms with van der Waals surface area (Å²) in [5, 5.41) is 10.4. The maximum atomic E-state index is 12.0. The van der Waals surface area contributed by atoms with Gasteiger partial charge < -0.3 is 15.8 Å². The topological polar surface area (TPSA) is 113 Å². The second-order valence-corrected chi connectivity index (χ2v) is 9.33. The lowest BCUT2D eigenvalue weighted by Crippen LogP contribution is -2.22. The minimum Gasteiger partial charge on any atom is -0.508 e. The van der Waals surface area contributed by atoms with Crippen LogP contribution < -0.4 is 5.73 Å². The first-order valence-corrected chi connectivity index (χ1v) is 10.6. The molecule has 6 nitrogen and oxygen atoms in total. The molecule has 4 N–H and O–H groups in total. The Hall–Kier alpha value is -2.80. The van der Waals surface area contributed by atoms with Gasteiger partial charge in [-0.3, -0.25) is 4.79 Å². The van der Waals surface area contributed by atoms with Crippen molar-refractivity contribution in [3.63, 3.8) is 0 Å². The number of primary amides is 1. The summed E-state index contributed by atoms with van der Waals surface area (Å²) in [5.74, 6) is 0.133. The highest BCUT2D eigenvalue weighted by Crippen LogP contribution is 2.37. The molecule has 1 amide bonds. The molecular weight excluding hydrogens is 364 g/mol. The SMILES string of the molecule is NC(=O)c1cc(-c2ccc(O)cc2)cc2c(C3CCS(=O)(=O)CC3)c[nH]c12. The van der Waals surface area contributed by atoms with E-state index in [2.05, 4.69) is 4.98 Å². The van der Waals surface area contributed by atoms with Gasteiger partial charge in [-0.15, -0.1) is 0 Å². The molecule has 0 saturated carbocycles. The van der Waals surface area contributed by atoms with E-state index in [0.717, 1.165) is 22.1 Å². The predicted molar refractivity (Wildman–Crippen MR) is 105 cm³/mol. The number of phenolic OH excluding ortho intramolecular Hbond substituents is 1. The number of aromatic nitrogens is 1. The van der Waals surface area contributed by atoms with E-state index >= 15 is 0 Å². The molecule has 1 aliphatic rings. The molecule has 0 spiro atoms. The average Bonchev–Trinajstić information content (AvgIpc) is 3.05. The Kier molecular flexibility index (Phi) is 4.19. The summed E-state index contributed by atoms with van der Waals surface area (Å²) in [6.45, 7) is 0. The maximum Gasteiger partial charge on any atom is 0.250 e. The zero-order valence-corrected chi connectivity index (χ0v) is 15.4. The van der Waals surface area contributed by atoms with Crippen LogP contribution in [0.2, 0.25) is 0 Å². The van der Waals surface area contributed by atoms with Crippen molar-refractivity contribution in [2.45, 2.75) is 18.8 Å². The molecule has 1 aliphatic heterocycles. The van der Waals surface area contributed by atoms with E-state index < -0.39 is 15.7 Å². The standard InChI is InChI=1S/C20H20N2O4S/c21-20(24)17-10-14(12-1-3-15(23)4-2-12)9-16-18(11-22-19(16)17)13-5-7-27(25,26)8-6-13/h1-4,9-11,13,22-23H,5-8H2,(H2,21,24). The summed E-state index contributed by atoms with van der Waals surface area (Å²) < 4.78 is 23.5. The van der Waals surface area contributed by atoms with Crippen LogP contribution >= 0.6 is 0 Å². The van der Waals surface area contributed by atoms with Crippen molar-refractivity contribution in [2.75, 3.05) is 11.5 Å². The van der Waals surface area contributed by atoms with E-state index in [4.69, 9.17) is 5.73 Å². The van der Waals surface area contributed by atoms with Crippen molar-refractivity contribution in [1.29, 1.82) is 0 Å². The molecule has 2 heterocycles. The quantitative estimate of drug-likeness (QED) is 0.644. The molecule has 4 rings (SSSR count). The fourth-order valence-corrected chi connectivity index (χ4v) is 5.30. The summed E-state index contributed by atoms with van der Waals surface area (Å²) in [5.41, 5.74) is 9.36. The normalized spacial score (nSPS) is 17.2. The van der Waals surface area contributed by atoms with Gasteiger partial charge in [0.05, 0.1) is 22.6 Å². The third-order valence-corrected chi connectivity index (χ3v) is 7.00. The van der Waals surface area contributed by atoms with Gasteiger partial charge in [-0.2, -0.15) is 0 Å². The van der Waals surface area contributed by atoms with Crippen molar-refractivity contribution in [3.8, 4) is 16.9 Å². The first-order chi connectivity index (χ1) is 12.8. The van der Waals surface area contributed by atoms with E-state index in [0.29, 0.717) is 23.9 Å². The summed E-state index contributed by atoms with van der Waals surface area (Å²) in [6, 6.07) is 10.5. The van der Waals surface area contributed by atoms with Crippen molar-refractivity contribution < 1.29 is 18.3 Å². The number of phenols is 1. The monoisotopic (exact) mass is 384 g/mol. The van der Waals surface area contributed by atoms with Crippen LogP contribution in [0.15, 0.2) is 42.6 Å². The number of carbonyl (C=O) groups excluding carboxylic acids is 1. The molecule has 0 atom stereocenters. The number of nitrogens with two attached hydrogens (primary N) is 1. The zero-order chi connectivity index (χ0) is 19.2. The van der Waals surface area contributed by atoms with Crippen LogP contribution in [0.3, 0.4) is 0 Å². The second-order valence-electron chi connectivity index (χ2n) is 7.03. The van der Waals surface area contributed by atoms with Crippen LogP contribution in [0.5, 0.6) is 5.75 Å². The molecule has 3 aromatic rings. The number of nitrogens with one attached hydrogen (secondary N) is 1. The Balaban J connectivity index is 1.85. The number of hydrogen-bond donors (Lipinski definition) is 3. The largest absolute Gasteiger partial charge is 0.508 e. The maximum absolute atomic E-state index is 12.0. The number of H-pyrrole nitrogens is 1. The molecule has 27 heavy (non-hydrogen) atoms. The fraction of sp³-hybridized carbons (Fsp3) is 0.250. The number of hydrogen-bond acceptors (Lipinski definition) is 4. The van der Waals surface area contributed by atoms with Gasteiger partial charge in [-0.1, -0.05) is 12.1 Å². The molecule has 1 saturated heterocycles. The van der Waals surface area contributed by atoms with Crippen molar-refractivity contribution in [3.05, 3.63) is 53.7 Å². The Morgan fingerprint density at radius 1 is 1.07 bits per heavy atom. The van der Waals surface area contributed by atoms with Gasteiger partial charge in [0.2, 0.25) is 0 Å². The summed E-state index contributed by atoms with van der Waals surface area (Å²) in [4.78, 5) is 15.2. The first-order valence-electron chi connectivity index (χ1n) is 8.79. The van der Waals surface area contributed by atoms with E-state index in [9.17, 15) is 18.3 Å². The summed E-state index contributed by atoms with van der Waals surface area (Å²) in [7, 11) is -2.94. The number of benzene rings is 2. The Morgan fingerprint density at radius 2 is 1.74 bits per heavy atom. The number of aromatic hydroxyl groups is 1. The van der Waals surface area contributed by atoms with Crippen molar-refractivity contribution in [1.82, 2.24) is 4.98 Å². The van der Waals surface area contributed by atoms with Crippen LogP contribution in [0, 0.1) is 0 Å². The van der Waals surface area contributed by atoms with Gasteiger partial charge >= 0.3 is 0 Å². The lowest BCUT2D eigenvalue weighted by molar-refractivity contribution is 0.100. The van der Waals surface area contributed by atoms with Gasteiger partial charge in [0.15, 0.2) is 0 Å². The molecule has 140 valence electrons. The Labute approximate surface area is 156 Å². The van der Waals surface area contributed by atoms with E-state index in [1.165, 1.54) is 0 Å². The van der Waals surface area contributed by atoms with Crippen LogP contribution in [-0.2, 0) is 9.84 Å². The van der Waals surface area contributed by atoms with Crippen LogP contribution in [-0.4, -0.2) is 35.9 Å². The minimum atomic E-state index is -2.94. The van der Waals surface area contributed by atoms with Crippen LogP contribution in [0.1, 0.15) is 34.7 Å². The van der Waals surface area contributed by atoms with E-state index in [1.807, 2.05) is 12.3 Å². The zero-order valence-electron chi connectivity index (χ0n) is 14.6. The molecule has 1 fully saturated rings. The number of carbonyl (C=O) groups is 1. The molecule has 0 aliphatic carbocycles. The van der Waals surface area contributed by atoms with Gasteiger partial charge in [0.25, 0.3) is 5.91 Å². The van der Waals surface area contributed by atoms with Gasteiger partial charge in [-0.25, -0.2) is 8.42 Å². The third kappa shape index (κ3) is 3.30. The van der Waals surface area contributed by atoms with E-state index in [1.54, 1.807) is 30.3 Å². The average molecular weight is 384 g/mol. The number of fused-ring (bicyclic) bond motifs is 1. The van der Waals surface area contributed by atoms with Gasteiger partial charge in [0, 0.05) is 11.6 Å². The predicted octanol–water partition coefficient (Wildman–Crippen LogP) is 2.93. The molecule has 7 heteroatoms. The summed E-state index contributed by atoms with van der Waals surface area (Å²) in [6.07, 6.45) is 3.01.